The summed E-state index contributed by atoms with van der Waals surface area (Å²) in [6.07, 6.45) is 22.7. The summed E-state index contributed by atoms with van der Waals surface area (Å²) in [7, 11) is 2.61. The van der Waals surface area contributed by atoms with Crippen molar-refractivity contribution in [2.24, 2.45) is 5.92 Å². The lowest BCUT2D eigenvalue weighted by Crippen LogP contribution is -2.48. The van der Waals surface area contributed by atoms with E-state index in [1.807, 2.05) is 0 Å². The van der Waals surface area contributed by atoms with Crippen LogP contribution in [0, 0.1) is 5.92 Å². The fourth-order valence-corrected chi connectivity index (χ4v) is 7.63. The Hall–Kier alpha value is 0.387. The highest BCUT2D eigenvalue weighted by Crippen LogP contribution is 2.36. The fourth-order valence-electron chi connectivity index (χ4n) is 4.70. The molecule has 0 aromatic carbocycles. The molecular formula is C25H53ClO3Si. The highest BCUT2D eigenvalue weighted by molar-refractivity contribution is 6.62. The van der Waals surface area contributed by atoms with Gasteiger partial charge in [-0.3, -0.25) is 0 Å². The highest BCUT2D eigenvalue weighted by atomic mass is 35.5. The predicted molar refractivity (Wildman–Crippen MR) is 135 cm³/mol. The average molecular weight is 465 g/mol. The molecule has 0 aromatic heterocycles. The zero-order chi connectivity index (χ0) is 22.5. The van der Waals surface area contributed by atoms with Gasteiger partial charge in [0.05, 0.1) is 0 Å². The molecular weight excluding hydrogens is 412 g/mol. The van der Waals surface area contributed by atoms with E-state index in [0.717, 1.165) is 25.1 Å². The molecule has 2 unspecified atom stereocenters. The molecule has 0 aliphatic carbocycles. The van der Waals surface area contributed by atoms with Crippen molar-refractivity contribution in [1.29, 1.82) is 0 Å². The van der Waals surface area contributed by atoms with Crippen molar-refractivity contribution in [3.05, 3.63) is 0 Å². The van der Waals surface area contributed by atoms with Crippen LogP contribution in [0.25, 0.3) is 0 Å². The minimum Gasteiger partial charge on any atom is -0.377 e. The summed E-state index contributed by atoms with van der Waals surface area (Å²) in [4.78, 5) is 0. The molecule has 0 saturated carbocycles. The first-order valence-electron chi connectivity index (χ1n) is 12.8. The van der Waals surface area contributed by atoms with Crippen LogP contribution in [0.15, 0.2) is 0 Å². The zero-order valence-electron chi connectivity index (χ0n) is 21.0. The van der Waals surface area contributed by atoms with Gasteiger partial charge in [0.15, 0.2) is 0 Å². The van der Waals surface area contributed by atoms with Crippen LogP contribution in [0.2, 0.25) is 5.54 Å². The first-order chi connectivity index (χ1) is 14.6. The van der Waals surface area contributed by atoms with Crippen LogP contribution in [0.1, 0.15) is 123 Å². The third-order valence-corrected chi connectivity index (χ3v) is 10.3. The quantitative estimate of drug-likeness (QED) is 0.0858. The average Bonchev–Trinajstić information content (AvgIpc) is 2.77. The fraction of sp³-hybridized carbons (Fsp3) is 1.00. The molecule has 3 nitrogen and oxygen atoms in total. The maximum absolute atomic E-state index is 6.11. The van der Waals surface area contributed by atoms with Crippen molar-refractivity contribution in [2.75, 3.05) is 27.2 Å². The Bertz CT molecular complexity index is 345. The van der Waals surface area contributed by atoms with Crippen LogP contribution in [0.4, 0.5) is 0 Å². The van der Waals surface area contributed by atoms with Crippen LogP contribution in [-0.4, -0.2) is 36.0 Å². The molecule has 30 heavy (non-hydrogen) atoms. The summed E-state index contributed by atoms with van der Waals surface area (Å²) in [5.41, 5.74) is 0.354. The molecule has 182 valence electrons. The monoisotopic (exact) mass is 464 g/mol. The van der Waals surface area contributed by atoms with Gasteiger partial charge in [-0.05, 0) is 25.2 Å². The van der Waals surface area contributed by atoms with Gasteiger partial charge in [-0.1, -0.05) is 104 Å². The number of hydrogen-bond acceptors (Lipinski definition) is 3. The normalized spacial score (nSPS) is 14.2. The third-order valence-electron chi connectivity index (χ3n) is 6.70. The van der Waals surface area contributed by atoms with Gasteiger partial charge in [0.1, 0.15) is 0 Å². The van der Waals surface area contributed by atoms with E-state index in [9.17, 15) is 0 Å². The summed E-state index contributed by atoms with van der Waals surface area (Å²) in [6.45, 7) is 4.50. The van der Waals surface area contributed by atoms with Gasteiger partial charge in [-0.2, -0.15) is 0 Å². The molecule has 0 fully saturated rings. The summed E-state index contributed by atoms with van der Waals surface area (Å²) < 4.78 is 17.3. The molecule has 0 amide bonds. The van der Waals surface area contributed by atoms with E-state index < -0.39 is 8.80 Å². The second kappa shape index (κ2) is 21.2. The maximum Gasteiger partial charge on any atom is 0.503 e. The molecule has 5 heteroatoms. The van der Waals surface area contributed by atoms with E-state index in [2.05, 4.69) is 13.8 Å². The SMILES string of the molecule is CCCCCCCCCCCCCCCC(CCCl)CC(CC)[Si](OC)(OC)OC. The predicted octanol–water partition coefficient (Wildman–Crippen LogP) is 8.76. The Balaban J connectivity index is 3.96. The van der Waals surface area contributed by atoms with Crippen molar-refractivity contribution in [3.63, 3.8) is 0 Å². The topological polar surface area (TPSA) is 27.7 Å². The molecule has 0 spiro atoms. The summed E-state index contributed by atoms with van der Waals surface area (Å²) >= 11 is 6.11. The van der Waals surface area contributed by atoms with Gasteiger partial charge in [0, 0.05) is 32.8 Å². The zero-order valence-corrected chi connectivity index (χ0v) is 22.7. The largest absolute Gasteiger partial charge is 0.503 e. The molecule has 0 bridgehead atoms. The number of rotatable bonds is 23. The van der Waals surface area contributed by atoms with Gasteiger partial charge in [0.2, 0.25) is 0 Å². The van der Waals surface area contributed by atoms with E-state index in [4.69, 9.17) is 24.9 Å². The third kappa shape index (κ3) is 13.7. The lowest BCUT2D eigenvalue weighted by Gasteiger charge is -2.34. The lowest BCUT2D eigenvalue weighted by atomic mass is 9.92. The standard InChI is InChI=1S/C25H53ClO3Si/c1-6-8-9-10-11-12-13-14-15-16-17-18-19-20-24(21-22-26)23-25(7-2)30(27-3,28-4)29-5/h24-25H,6-23H2,1-5H3. The summed E-state index contributed by atoms with van der Waals surface area (Å²) in [5.74, 6) is 1.38. The van der Waals surface area contributed by atoms with E-state index in [1.54, 1.807) is 21.3 Å². The van der Waals surface area contributed by atoms with E-state index in [0.29, 0.717) is 11.5 Å². The van der Waals surface area contributed by atoms with Crippen LogP contribution in [-0.2, 0) is 13.3 Å². The number of halogens is 1. The van der Waals surface area contributed by atoms with Crippen molar-refractivity contribution in [2.45, 2.75) is 129 Å². The Morgan fingerprint density at radius 2 is 1.07 bits per heavy atom. The lowest BCUT2D eigenvalue weighted by molar-refractivity contribution is 0.105. The smallest absolute Gasteiger partial charge is 0.377 e. The molecule has 0 heterocycles. The van der Waals surface area contributed by atoms with Crippen LogP contribution < -0.4 is 0 Å². The number of unbranched alkanes of at least 4 members (excludes halogenated alkanes) is 12. The van der Waals surface area contributed by atoms with Crippen molar-refractivity contribution < 1.29 is 13.3 Å². The molecule has 0 radical (unpaired) electrons. The van der Waals surface area contributed by atoms with E-state index in [-0.39, 0.29) is 0 Å². The van der Waals surface area contributed by atoms with Crippen LogP contribution in [0.5, 0.6) is 0 Å². The van der Waals surface area contributed by atoms with Crippen LogP contribution in [0.3, 0.4) is 0 Å². The molecule has 0 aliphatic heterocycles. The Morgan fingerprint density at radius 1 is 0.633 bits per heavy atom. The van der Waals surface area contributed by atoms with Crippen molar-refractivity contribution in [1.82, 2.24) is 0 Å². The minimum atomic E-state index is -2.57. The molecule has 0 aromatic rings. The first-order valence-corrected chi connectivity index (χ1v) is 15.2. The van der Waals surface area contributed by atoms with Crippen molar-refractivity contribution in [3.8, 4) is 0 Å². The molecule has 0 aliphatic rings. The van der Waals surface area contributed by atoms with E-state index in [1.165, 1.54) is 89.9 Å². The molecule has 0 N–H and O–H groups in total. The maximum atomic E-state index is 6.11. The molecule has 0 rings (SSSR count). The summed E-state index contributed by atoms with van der Waals surface area (Å²) in [6, 6.07) is 0. The van der Waals surface area contributed by atoms with Gasteiger partial charge in [-0.15, -0.1) is 11.6 Å². The number of alkyl halides is 1. The van der Waals surface area contributed by atoms with Gasteiger partial charge >= 0.3 is 8.80 Å². The van der Waals surface area contributed by atoms with E-state index >= 15 is 0 Å². The first kappa shape index (κ1) is 30.4. The second-order valence-corrected chi connectivity index (χ2v) is 12.6. The molecule has 0 saturated heterocycles. The Labute approximate surface area is 195 Å². The Morgan fingerprint density at radius 3 is 1.43 bits per heavy atom. The van der Waals surface area contributed by atoms with Crippen LogP contribution >= 0.6 is 11.6 Å². The van der Waals surface area contributed by atoms with Gasteiger partial charge < -0.3 is 13.3 Å². The molecule has 2 atom stereocenters. The van der Waals surface area contributed by atoms with Gasteiger partial charge in [-0.25, -0.2) is 0 Å². The highest BCUT2D eigenvalue weighted by Gasteiger charge is 2.46. The Kier molecular flexibility index (Phi) is 21.5. The minimum absolute atomic E-state index is 0.354. The van der Waals surface area contributed by atoms with Gasteiger partial charge in [0.25, 0.3) is 0 Å². The summed E-state index contributed by atoms with van der Waals surface area (Å²) in [5, 5.41) is 0. The van der Waals surface area contributed by atoms with Crippen molar-refractivity contribution >= 4 is 20.4 Å². The second-order valence-electron chi connectivity index (χ2n) is 8.93. The number of hydrogen-bond donors (Lipinski definition) is 0.